The first-order valence-corrected chi connectivity index (χ1v) is 8.79. The van der Waals surface area contributed by atoms with Gasteiger partial charge in [0.25, 0.3) is 0 Å². The van der Waals surface area contributed by atoms with Crippen molar-refractivity contribution in [1.29, 1.82) is 0 Å². The highest BCUT2D eigenvalue weighted by Gasteiger charge is 2.16. The molecular weight excluding hydrogens is 338 g/mol. The van der Waals surface area contributed by atoms with Crippen molar-refractivity contribution in [2.24, 2.45) is 0 Å². The maximum absolute atomic E-state index is 12.2. The quantitative estimate of drug-likeness (QED) is 0.432. The molecule has 1 aromatic carbocycles. The van der Waals surface area contributed by atoms with E-state index in [1.165, 1.54) is 18.1 Å². The highest BCUT2D eigenvalue weighted by atomic mass is 32.2. The minimum Gasteiger partial charge on any atom is -0.467 e. The van der Waals surface area contributed by atoms with E-state index in [9.17, 15) is 4.79 Å². The van der Waals surface area contributed by atoms with Crippen LogP contribution >= 0.6 is 11.8 Å². The van der Waals surface area contributed by atoms with Crippen LogP contribution in [-0.2, 0) is 4.79 Å². The van der Waals surface area contributed by atoms with Crippen molar-refractivity contribution in [2.45, 2.75) is 18.0 Å². The lowest BCUT2D eigenvalue weighted by molar-refractivity contribution is -0.119. The summed E-state index contributed by atoms with van der Waals surface area (Å²) >= 11 is 1.32. The zero-order valence-electron chi connectivity index (χ0n) is 13.4. The Kier molecular flexibility index (Phi) is 4.15. The van der Waals surface area contributed by atoms with Crippen molar-refractivity contribution in [3.8, 4) is 0 Å². The summed E-state index contributed by atoms with van der Waals surface area (Å²) in [5.74, 6) is 0.852. The van der Waals surface area contributed by atoms with Crippen LogP contribution in [0.15, 0.2) is 62.8 Å². The number of aromatic nitrogens is 2. The Balaban J connectivity index is 1.50. The molecule has 0 aliphatic heterocycles. The van der Waals surface area contributed by atoms with E-state index in [4.69, 9.17) is 8.83 Å². The summed E-state index contributed by atoms with van der Waals surface area (Å²) in [5.41, 5.74) is 2.13. The second-order valence-electron chi connectivity index (χ2n) is 5.55. The third kappa shape index (κ3) is 3.10. The summed E-state index contributed by atoms with van der Waals surface area (Å²) in [4.78, 5) is 20.8. The Morgan fingerprint density at radius 1 is 1.24 bits per heavy atom. The molecular formula is C18H15N3O3S. The molecule has 3 heterocycles. The number of rotatable bonds is 5. The van der Waals surface area contributed by atoms with Gasteiger partial charge in [0.15, 0.2) is 5.58 Å². The van der Waals surface area contributed by atoms with Gasteiger partial charge in [-0.3, -0.25) is 4.79 Å². The topological polar surface area (TPSA) is 81.2 Å². The summed E-state index contributed by atoms with van der Waals surface area (Å²) in [6.45, 7) is 1.88. The highest BCUT2D eigenvalue weighted by molar-refractivity contribution is 8.00. The normalized spacial score (nSPS) is 12.5. The van der Waals surface area contributed by atoms with Gasteiger partial charge in [0.2, 0.25) is 5.91 Å². The second kappa shape index (κ2) is 6.60. The molecule has 1 atom stereocenters. The van der Waals surface area contributed by atoms with E-state index in [-0.39, 0.29) is 17.7 Å². The minimum atomic E-state index is -0.181. The minimum absolute atomic E-state index is 0.100. The van der Waals surface area contributed by atoms with Crippen LogP contribution in [0.25, 0.3) is 22.1 Å². The number of benzene rings is 1. The molecule has 0 spiro atoms. The SMILES string of the molecule is C[C@@H](NC(=O)CSc1ncnc2c1oc1ccccc12)c1ccco1. The molecule has 0 bridgehead atoms. The standard InChI is InChI=1S/C18H15N3O3S/c1-11(13-7-4-8-23-13)21-15(22)9-25-18-17-16(19-10-20-18)12-5-2-3-6-14(12)24-17/h2-8,10-11H,9H2,1H3,(H,21,22)/t11-/m1/s1. The molecule has 4 rings (SSSR count). The van der Waals surface area contributed by atoms with Crippen molar-refractivity contribution in [3.63, 3.8) is 0 Å². The zero-order valence-corrected chi connectivity index (χ0v) is 14.2. The van der Waals surface area contributed by atoms with Crippen LogP contribution in [0.5, 0.6) is 0 Å². The number of amides is 1. The maximum Gasteiger partial charge on any atom is 0.231 e. The van der Waals surface area contributed by atoms with Gasteiger partial charge in [-0.2, -0.15) is 0 Å². The Morgan fingerprint density at radius 3 is 2.96 bits per heavy atom. The molecule has 3 aromatic heterocycles. The molecule has 6 nitrogen and oxygen atoms in total. The average molecular weight is 353 g/mol. The number of nitrogens with one attached hydrogen (secondary N) is 1. The van der Waals surface area contributed by atoms with E-state index < -0.39 is 0 Å². The molecule has 0 aliphatic carbocycles. The van der Waals surface area contributed by atoms with Gasteiger partial charge in [-0.15, -0.1) is 0 Å². The predicted octanol–water partition coefficient (Wildman–Crippen LogP) is 3.94. The average Bonchev–Trinajstić information content (AvgIpc) is 3.28. The van der Waals surface area contributed by atoms with Gasteiger partial charge in [0, 0.05) is 5.39 Å². The first-order valence-electron chi connectivity index (χ1n) is 7.80. The van der Waals surface area contributed by atoms with Crippen molar-refractivity contribution < 1.29 is 13.6 Å². The lowest BCUT2D eigenvalue weighted by atomic mass is 10.2. The van der Waals surface area contributed by atoms with Gasteiger partial charge in [0.05, 0.1) is 18.1 Å². The fourth-order valence-corrected chi connectivity index (χ4v) is 3.37. The second-order valence-corrected chi connectivity index (χ2v) is 6.51. The molecule has 126 valence electrons. The van der Waals surface area contributed by atoms with Gasteiger partial charge in [0.1, 0.15) is 28.2 Å². The van der Waals surface area contributed by atoms with Crippen LogP contribution in [0.4, 0.5) is 0 Å². The third-order valence-electron chi connectivity index (χ3n) is 3.81. The molecule has 4 aromatic rings. The first kappa shape index (κ1) is 15.7. The number of fused-ring (bicyclic) bond motifs is 3. The van der Waals surface area contributed by atoms with Gasteiger partial charge < -0.3 is 14.2 Å². The predicted molar refractivity (Wildman–Crippen MR) is 95.3 cm³/mol. The number of carbonyl (C=O) groups is 1. The smallest absolute Gasteiger partial charge is 0.231 e. The molecule has 1 N–H and O–H groups in total. The third-order valence-corrected chi connectivity index (χ3v) is 4.78. The fourth-order valence-electron chi connectivity index (χ4n) is 2.63. The molecule has 1 amide bonds. The first-order chi connectivity index (χ1) is 12.2. The van der Waals surface area contributed by atoms with Crippen LogP contribution in [0.3, 0.4) is 0 Å². The largest absolute Gasteiger partial charge is 0.467 e. The fraction of sp³-hybridized carbons (Fsp3) is 0.167. The molecule has 0 saturated carbocycles. The van der Waals surface area contributed by atoms with Crippen LogP contribution in [0, 0.1) is 0 Å². The molecule has 0 fully saturated rings. The van der Waals surface area contributed by atoms with Gasteiger partial charge in [-0.25, -0.2) is 9.97 Å². The Morgan fingerprint density at radius 2 is 2.12 bits per heavy atom. The van der Waals surface area contributed by atoms with Crippen molar-refractivity contribution >= 4 is 39.7 Å². The number of para-hydroxylation sites is 1. The van der Waals surface area contributed by atoms with Gasteiger partial charge >= 0.3 is 0 Å². The Bertz CT molecular complexity index is 1030. The number of nitrogens with zero attached hydrogens (tertiary/aromatic N) is 2. The van der Waals surface area contributed by atoms with Crippen molar-refractivity contribution in [1.82, 2.24) is 15.3 Å². The van der Waals surface area contributed by atoms with E-state index in [0.717, 1.165) is 22.2 Å². The number of hydrogen-bond donors (Lipinski definition) is 1. The van der Waals surface area contributed by atoms with Crippen LogP contribution in [-0.4, -0.2) is 21.6 Å². The lowest BCUT2D eigenvalue weighted by Crippen LogP contribution is -2.27. The van der Waals surface area contributed by atoms with Crippen LogP contribution in [0.1, 0.15) is 18.7 Å². The Hall–Kier alpha value is -2.80. The highest BCUT2D eigenvalue weighted by Crippen LogP contribution is 2.32. The molecule has 0 saturated heterocycles. The summed E-state index contributed by atoms with van der Waals surface area (Å²) in [6, 6.07) is 11.2. The summed E-state index contributed by atoms with van der Waals surface area (Å²) in [6.07, 6.45) is 3.09. The lowest BCUT2D eigenvalue weighted by Gasteiger charge is -2.10. The zero-order chi connectivity index (χ0) is 17.2. The summed E-state index contributed by atoms with van der Waals surface area (Å²) < 4.78 is 11.2. The molecule has 25 heavy (non-hydrogen) atoms. The van der Waals surface area contributed by atoms with Gasteiger partial charge in [-0.05, 0) is 31.2 Å². The molecule has 7 heteroatoms. The van der Waals surface area contributed by atoms with Gasteiger partial charge in [-0.1, -0.05) is 23.9 Å². The monoisotopic (exact) mass is 353 g/mol. The number of furan rings is 2. The number of carbonyl (C=O) groups excluding carboxylic acids is 1. The molecule has 0 radical (unpaired) electrons. The Labute approximate surface area is 147 Å². The molecule has 0 aliphatic rings. The van der Waals surface area contributed by atoms with Crippen molar-refractivity contribution in [3.05, 3.63) is 54.7 Å². The maximum atomic E-state index is 12.2. The van der Waals surface area contributed by atoms with E-state index in [1.54, 1.807) is 12.3 Å². The van der Waals surface area contributed by atoms with E-state index in [0.29, 0.717) is 10.6 Å². The van der Waals surface area contributed by atoms with Crippen LogP contribution in [0.2, 0.25) is 0 Å². The molecule has 0 unspecified atom stereocenters. The van der Waals surface area contributed by atoms with E-state index in [1.807, 2.05) is 37.3 Å². The number of thioether (sulfide) groups is 1. The summed E-state index contributed by atoms with van der Waals surface area (Å²) in [7, 11) is 0. The van der Waals surface area contributed by atoms with Crippen molar-refractivity contribution in [2.75, 3.05) is 5.75 Å². The van der Waals surface area contributed by atoms with E-state index >= 15 is 0 Å². The summed E-state index contributed by atoms with van der Waals surface area (Å²) in [5, 5.41) is 4.50. The van der Waals surface area contributed by atoms with Crippen LogP contribution < -0.4 is 5.32 Å². The number of hydrogen-bond acceptors (Lipinski definition) is 6. The van der Waals surface area contributed by atoms with E-state index in [2.05, 4.69) is 15.3 Å².